The zero-order valence-electron chi connectivity index (χ0n) is 11.6. The van der Waals surface area contributed by atoms with Crippen LogP contribution in [0, 0.1) is 5.92 Å². The van der Waals surface area contributed by atoms with E-state index in [9.17, 15) is 0 Å². The molecule has 1 saturated carbocycles. The number of rotatable bonds is 4. The molecule has 0 aliphatic heterocycles. The average molecular weight is 286 g/mol. The lowest BCUT2D eigenvalue weighted by molar-refractivity contribution is 0.115. The van der Waals surface area contributed by atoms with Gasteiger partial charge >= 0.3 is 12.0 Å². The van der Waals surface area contributed by atoms with Crippen molar-refractivity contribution < 1.29 is 9.47 Å². The van der Waals surface area contributed by atoms with Gasteiger partial charge in [-0.3, -0.25) is 0 Å². The van der Waals surface area contributed by atoms with Crippen LogP contribution < -0.4 is 9.47 Å². The Hall–Kier alpha value is -1.10. The Kier molecular flexibility index (Phi) is 4.80. The summed E-state index contributed by atoms with van der Waals surface area (Å²) < 4.78 is 11.2. The van der Waals surface area contributed by atoms with E-state index in [1.165, 1.54) is 12.8 Å². The van der Waals surface area contributed by atoms with E-state index < -0.39 is 0 Å². The van der Waals surface area contributed by atoms with Crippen molar-refractivity contribution in [3.05, 3.63) is 5.28 Å². The van der Waals surface area contributed by atoms with E-state index in [0.29, 0.717) is 5.92 Å². The molecule has 1 aliphatic carbocycles. The van der Waals surface area contributed by atoms with Crippen LogP contribution in [0.3, 0.4) is 0 Å². The maximum absolute atomic E-state index is 5.86. The standard InChI is InChI=1S/C13H20ClN3O2/c1-8(2)18-12-15-11(14)16-13(17-12)19-10-6-4-5-9(3)7-10/h8-10H,4-7H2,1-3H3. The normalized spacial score (nSPS) is 23.4. The third-order valence-corrected chi connectivity index (χ3v) is 3.24. The Morgan fingerprint density at radius 3 is 2.58 bits per heavy atom. The van der Waals surface area contributed by atoms with Gasteiger partial charge in [0.25, 0.3) is 0 Å². The maximum Gasteiger partial charge on any atom is 0.324 e. The van der Waals surface area contributed by atoms with E-state index in [1.807, 2.05) is 13.8 Å². The van der Waals surface area contributed by atoms with Gasteiger partial charge in [0.2, 0.25) is 5.28 Å². The minimum Gasteiger partial charge on any atom is -0.461 e. The highest BCUT2D eigenvalue weighted by atomic mass is 35.5. The van der Waals surface area contributed by atoms with E-state index in [4.69, 9.17) is 21.1 Å². The molecule has 0 N–H and O–H groups in total. The van der Waals surface area contributed by atoms with Crippen molar-refractivity contribution in [3.63, 3.8) is 0 Å². The van der Waals surface area contributed by atoms with E-state index in [2.05, 4.69) is 21.9 Å². The van der Waals surface area contributed by atoms with Gasteiger partial charge in [-0.15, -0.1) is 4.98 Å². The number of hydrogen-bond donors (Lipinski definition) is 0. The van der Waals surface area contributed by atoms with Gasteiger partial charge in [-0.25, -0.2) is 0 Å². The monoisotopic (exact) mass is 285 g/mol. The van der Waals surface area contributed by atoms with E-state index in [1.54, 1.807) is 0 Å². The average Bonchev–Trinajstić information content (AvgIpc) is 2.26. The molecule has 0 bridgehead atoms. The molecule has 0 amide bonds. The molecule has 106 valence electrons. The summed E-state index contributed by atoms with van der Waals surface area (Å²) in [6.07, 6.45) is 4.66. The molecule has 5 nitrogen and oxygen atoms in total. The first kappa shape index (κ1) is 14.3. The van der Waals surface area contributed by atoms with Crippen LogP contribution >= 0.6 is 11.6 Å². The zero-order chi connectivity index (χ0) is 13.8. The third-order valence-electron chi connectivity index (χ3n) is 3.07. The van der Waals surface area contributed by atoms with Gasteiger partial charge in [0, 0.05) is 0 Å². The molecule has 0 spiro atoms. The molecule has 2 atom stereocenters. The molecule has 2 rings (SSSR count). The van der Waals surface area contributed by atoms with Gasteiger partial charge in [-0.05, 0) is 50.6 Å². The summed E-state index contributed by atoms with van der Waals surface area (Å²) in [5.41, 5.74) is 0. The highest BCUT2D eigenvalue weighted by molar-refractivity contribution is 6.28. The van der Waals surface area contributed by atoms with Crippen molar-refractivity contribution >= 4 is 11.6 Å². The fourth-order valence-corrected chi connectivity index (χ4v) is 2.41. The molecule has 0 aromatic carbocycles. The Morgan fingerprint density at radius 2 is 1.89 bits per heavy atom. The number of aromatic nitrogens is 3. The van der Waals surface area contributed by atoms with Crippen LogP contribution in [0.25, 0.3) is 0 Å². The topological polar surface area (TPSA) is 57.1 Å². The van der Waals surface area contributed by atoms with Gasteiger partial charge in [0.05, 0.1) is 6.10 Å². The van der Waals surface area contributed by atoms with Crippen molar-refractivity contribution in [2.75, 3.05) is 0 Å². The van der Waals surface area contributed by atoms with Gasteiger partial charge in [-0.1, -0.05) is 13.3 Å². The molecular weight excluding hydrogens is 266 g/mol. The molecule has 1 heterocycles. The molecule has 1 aliphatic rings. The first-order valence-corrected chi connectivity index (χ1v) is 7.15. The molecule has 1 fully saturated rings. The van der Waals surface area contributed by atoms with Crippen molar-refractivity contribution in [2.24, 2.45) is 5.92 Å². The molecule has 0 saturated heterocycles. The van der Waals surface area contributed by atoms with E-state index >= 15 is 0 Å². The summed E-state index contributed by atoms with van der Waals surface area (Å²) in [4.78, 5) is 12.1. The second-order valence-electron chi connectivity index (χ2n) is 5.35. The maximum atomic E-state index is 5.86. The summed E-state index contributed by atoms with van der Waals surface area (Å²) in [5.74, 6) is 0.683. The Bertz CT molecular complexity index is 428. The minimum absolute atomic E-state index is 0.0129. The molecule has 19 heavy (non-hydrogen) atoms. The van der Waals surface area contributed by atoms with Gasteiger partial charge in [-0.2, -0.15) is 9.97 Å². The second kappa shape index (κ2) is 6.37. The fraction of sp³-hybridized carbons (Fsp3) is 0.769. The van der Waals surface area contributed by atoms with Gasteiger partial charge < -0.3 is 9.47 Å². The summed E-state index contributed by atoms with van der Waals surface area (Å²) in [7, 11) is 0. The van der Waals surface area contributed by atoms with Crippen molar-refractivity contribution in [3.8, 4) is 12.0 Å². The van der Waals surface area contributed by atoms with Crippen LogP contribution in [0.15, 0.2) is 0 Å². The van der Waals surface area contributed by atoms with Crippen molar-refractivity contribution in [1.29, 1.82) is 0 Å². The first-order chi connectivity index (χ1) is 9.02. The van der Waals surface area contributed by atoms with Crippen molar-refractivity contribution in [1.82, 2.24) is 15.0 Å². The van der Waals surface area contributed by atoms with Crippen LogP contribution in [0.4, 0.5) is 0 Å². The first-order valence-electron chi connectivity index (χ1n) is 6.78. The van der Waals surface area contributed by atoms with E-state index in [-0.39, 0.29) is 29.5 Å². The predicted octanol–water partition coefficient (Wildman–Crippen LogP) is 3.27. The van der Waals surface area contributed by atoms with E-state index in [0.717, 1.165) is 12.8 Å². The zero-order valence-corrected chi connectivity index (χ0v) is 12.4. The predicted molar refractivity (Wildman–Crippen MR) is 72.6 cm³/mol. The van der Waals surface area contributed by atoms with Crippen LogP contribution in [-0.2, 0) is 0 Å². The van der Waals surface area contributed by atoms with Crippen LogP contribution in [0.2, 0.25) is 5.28 Å². The molecular formula is C13H20ClN3O2. The van der Waals surface area contributed by atoms with Crippen LogP contribution in [0.5, 0.6) is 12.0 Å². The Balaban J connectivity index is 2.04. The number of ether oxygens (including phenoxy) is 2. The third kappa shape index (κ3) is 4.49. The van der Waals surface area contributed by atoms with Gasteiger partial charge in [0.15, 0.2) is 0 Å². The van der Waals surface area contributed by atoms with Gasteiger partial charge in [0.1, 0.15) is 6.10 Å². The molecule has 6 heteroatoms. The minimum atomic E-state index is -0.0129. The Labute approximate surface area is 118 Å². The number of halogens is 1. The molecule has 1 aromatic heterocycles. The quantitative estimate of drug-likeness (QED) is 0.850. The number of nitrogens with zero attached hydrogens (tertiary/aromatic N) is 3. The largest absolute Gasteiger partial charge is 0.461 e. The lowest BCUT2D eigenvalue weighted by atomic mass is 9.89. The van der Waals surface area contributed by atoms with Crippen LogP contribution in [0.1, 0.15) is 46.5 Å². The Morgan fingerprint density at radius 1 is 1.16 bits per heavy atom. The van der Waals surface area contributed by atoms with Crippen molar-refractivity contribution in [2.45, 2.75) is 58.7 Å². The SMILES string of the molecule is CC1CCCC(Oc2nc(Cl)nc(OC(C)C)n2)C1. The summed E-state index contributed by atoms with van der Waals surface area (Å²) in [6, 6.07) is 0.476. The molecule has 0 radical (unpaired) electrons. The van der Waals surface area contributed by atoms with Crippen LogP contribution in [-0.4, -0.2) is 27.2 Å². The summed E-state index contributed by atoms with van der Waals surface area (Å²) in [5, 5.41) is 0.101. The second-order valence-corrected chi connectivity index (χ2v) is 5.69. The smallest absolute Gasteiger partial charge is 0.324 e. The highest BCUT2D eigenvalue weighted by Gasteiger charge is 2.22. The molecule has 1 aromatic rings. The summed E-state index contributed by atoms with van der Waals surface area (Å²) >= 11 is 5.86. The highest BCUT2D eigenvalue weighted by Crippen LogP contribution is 2.26. The lowest BCUT2D eigenvalue weighted by Gasteiger charge is -2.26. The lowest BCUT2D eigenvalue weighted by Crippen LogP contribution is -2.25. The summed E-state index contributed by atoms with van der Waals surface area (Å²) in [6.45, 7) is 6.05. The molecule has 2 unspecified atom stereocenters. The fourth-order valence-electron chi connectivity index (χ4n) is 2.27. The number of hydrogen-bond acceptors (Lipinski definition) is 5.